The lowest BCUT2D eigenvalue weighted by atomic mass is 10.2. The van der Waals surface area contributed by atoms with E-state index in [1.54, 1.807) is 37.1 Å². The molecule has 0 aliphatic heterocycles. The summed E-state index contributed by atoms with van der Waals surface area (Å²) in [4.78, 5) is 0. The summed E-state index contributed by atoms with van der Waals surface area (Å²) in [5, 5.41) is 8.29. The smallest absolute Gasteiger partial charge is 0.163 e. The summed E-state index contributed by atoms with van der Waals surface area (Å²) in [6.45, 7) is 1.03. The number of hydrogen-bond acceptors (Lipinski definition) is 6. The second-order valence-electron chi connectivity index (χ2n) is 4.93. The number of benzene rings is 2. The Kier molecular flexibility index (Phi) is 4.18. The highest BCUT2D eigenvalue weighted by Crippen LogP contribution is 2.31. The zero-order valence-corrected chi connectivity index (χ0v) is 13.0. The highest BCUT2D eigenvalue weighted by atomic mass is 16.5. The van der Waals surface area contributed by atoms with Gasteiger partial charge in [0.25, 0.3) is 0 Å². The molecular formula is C16H18N4O3. The molecule has 0 unspecified atom stereocenters. The van der Waals surface area contributed by atoms with Crippen LogP contribution in [0.25, 0.3) is 11.0 Å². The number of fused-ring (bicyclic) bond motifs is 1. The zero-order valence-electron chi connectivity index (χ0n) is 13.0. The van der Waals surface area contributed by atoms with Gasteiger partial charge in [-0.25, -0.2) is 4.68 Å². The van der Waals surface area contributed by atoms with Crippen molar-refractivity contribution in [1.82, 2.24) is 15.0 Å². The second-order valence-corrected chi connectivity index (χ2v) is 4.93. The number of nitrogen functional groups attached to an aromatic ring is 1. The van der Waals surface area contributed by atoms with Crippen molar-refractivity contribution in [3.63, 3.8) is 0 Å². The molecule has 0 amide bonds. The van der Waals surface area contributed by atoms with E-state index in [-0.39, 0.29) is 0 Å². The molecule has 3 aromatic rings. The van der Waals surface area contributed by atoms with Crippen LogP contribution in [0, 0.1) is 0 Å². The van der Waals surface area contributed by atoms with Crippen molar-refractivity contribution in [3.05, 3.63) is 36.4 Å². The SMILES string of the molecule is COc1cc2nnn(CCOc3ccc(N)cc3)c2cc1OC. The van der Waals surface area contributed by atoms with Gasteiger partial charge in [0.1, 0.15) is 17.9 Å². The van der Waals surface area contributed by atoms with Crippen LogP contribution in [0.4, 0.5) is 5.69 Å². The molecule has 0 spiro atoms. The zero-order chi connectivity index (χ0) is 16.2. The summed E-state index contributed by atoms with van der Waals surface area (Å²) in [5.74, 6) is 2.04. The third kappa shape index (κ3) is 3.13. The molecule has 0 fully saturated rings. The van der Waals surface area contributed by atoms with Gasteiger partial charge in [-0.05, 0) is 24.3 Å². The van der Waals surface area contributed by atoms with Gasteiger partial charge >= 0.3 is 0 Å². The number of methoxy groups -OCH3 is 2. The lowest BCUT2D eigenvalue weighted by Crippen LogP contribution is -2.09. The summed E-state index contributed by atoms with van der Waals surface area (Å²) >= 11 is 0. The molecule has 7 nitrogen and oxygen atoms in total. The van der Waals surface area contributed by atoms with Crippen LogP contribution < -0.4 is 19.9 Å². The van der Waals surface area contributed by atoms with Gasteiger partial charge in [0.2, 0.25) is 0 Å². The third-order valence-electron chi connectivity index (χ3n) is 3.47. The number of hydrogen-bond donors (Lipinski definition) is 1. The van der Waals surface area contributed by atoms with Crippen molar-refractivity contribution < 1.29 is 14.2 Å². The van der Waals surface area contributed by atoms with Crippen molar-refractivity contribution in [2.24, 2.45) is 0 Å². The Morgan fingerprint density at radius 2 is 1.74 bits per heavy atom. The van der Waals surface area contributed by atoms with Crippen molar-refractivity contribution in [1.29, 1.82) is 0 Å². The van der Waals surface area contributed by atoms with Gasteiger partial charge in [0.15, 0.2) is 11.5 Å². The second kappa shape index (κ2) is 6.43. The van der Waals surface area contributed by atoms with E-state index in [9.17, 15) is 0 Å². The topological polar surface area (TPSA) is 84.4 Å². The maximum atomic E-state index is 5.68. The lowest BCUT2D eigenvalue weighted by molar-refractivity contribution is 0.292. The summed E-state index contributed by atoms with van der Waals surface area (Å²) in [7, 11) is 3.19. The Labute approximate surface area is 133 Å². The fourth-order valence-corrected chi connectivity index (χ4v) is 2.27. The summed E-state index contributed by atoms with van der Waals surface area (Å²) < 4.78 is 18.0. The first-order valence-corrected chi connectivity index (χ1v) is 7.15. The molecule has 3 rings (SSSR count). The third-order valence-corrected chi connectivity index (χ3v) is 3.47. The molecule has 7 heteroatoms. The number of nitrogens with two attached hydrogens (primary N) is 1. The molecule has 0 aliphatic rings. The average molecular weight is 314 g/mol. The van der Waals surface area contributed by atoms with E-state index in [1.807, 2.05) is 18.2 Å². The first kappa shape index (κ1) is 15.0. The quantitative estimate of drug-likeness (QED) is 0.702. The number of rotatable bonds is 6. The average Bonchev–Trinajstić information content (AvgIpc) is 2.97. The fourth-order valence-electron chi connectivity index (χ4n) is 2.27. The van der Waals surface area contributed by atoms with Crippen LogP contribution >= 0.6 is 0 Å². The predicted octanol–water partition coefficient (Wildman–Crippen LogP) is 2.11. The Morgan fingerprint density at radius 1 is 1.04 bits per heavy atom. The van der Waals surface area contributed by atoms with Gasteiger partial charge in [-0.3, -0.25) is 0 Å². The van der Waals surface area contributed by atoms with E-state index >= 15 is 0 Å². The maximum absolute atomic E-state index is 5.68. The molecule has 2 aromatic carbocycles. The van der Waals surface area contributed by atoms with E-state index in [4.69, 9.17) is 19.9 Å². The van der Waals surface area contributed by atoms with Crippen LogP contribution in [0.2, 0.25) is 0 Å². The minimum Gasteiger partial charge on any atom is -0.493 e. The summed E-state index contributed by atoms with van der Waals surface area (Å²) in [6, 6.07) is 10.9. The lowest BCUT2D eigenvalue weighted by Gasteiger charge is -2.09. The molecule has 23 heavy (non-hydrogen) atoms. The van der Waals surface area contributed by atoms with Crippen molar-refractivity contribution >= 4 is 16.7 Å². The van der Waals surface area contributed by atoms with Crippen molar-refractivity contribution in [2.75, 3.05) is 26.6 Å². The first-order chi connectivity index (χ1) is 11.2. The molecule has 0 radical (unpaired) electrons. The van der Waals surface area contributed by atoms with E-state index in [2.05, 4.69) is 10.3 Å². The molecule has 2 N–H and O–H groups in total. The molecule has 0 saturated carbocycles. The van der Waals surface area contributed by atoms with E-state index in [0.717, 1.165) is 16.8 Å². The highest BCUT2D eigenvalue weighted by Gasteiger charge is 2.11. The maximum Gasteiger partial charge on any atom is 0.163 e. The number of aromatic nitrogens is 3. The Balaban J connectivity index is 1.74. The Hall–Kier alpha value is -2.96. The van der Waals surface area contributed by atoms with E-state index < -0.39 is 0 Å². The number of nitrogens with zero attached hydrogens (tertiary/aromatic N) is 3. The van der Waals surface area contributed by atoms with Crippen molar-refractivity contribution in [3.8, 4) is 17.2 Å². The number of anilines is 1. The van der Waals surface area contributed by atoms with Gasteiger partial charge in [-0.15, -0.1) is 5.10 Å². The van der Waals surface area contributed by atoms with E-state index in [0.29, 0.717) is 30.3 Å². The van der Waals surface area contributed by atoms with Gasteiger partial charge in [0.05, 0.1) is 26.3 Å². The summed E-state index contributed by atoms with van der Waals surface area (Å²) in [6.07, 6.45) is 0. The summed E-state index contributed by atoms with van der Waals surface area (Å²) in [5.41, 5.74) is 7.96. The molecular weight excluding hydrogens is 296 g/mol. The van der Waals surface area contributed by atoms with Crippen LogP contribution in [-0.4, -0.2) is 35.8 Å². The van der Waals surface area contributed by atoms with Gasteiger partial charge in [-0.2, -0.15) is 0 Å². The molecule has 0 saturated heterocycles. The molecule has 1 heterocycles. The highest BCUT2D eigenvalue weighted by molar-refractivity contribution is 5.79. The van der Waals surface area contributed by atoms with Gasteiger partial charge in [-0.1, -0.05) is 5.21 Å². The minimum absolute atomic E-state index is 0.469. The minimum atomic E-state index is 0.469. The fraction of sp³-hybridized carbons (Fsp3) is 0.250. The Bertz CT molecular complexity index is 799. The molecule has 1 aromatic heterocycles. The van der Waals surface area contributed by atoms with Crippen LogP contribution in [0.1, 0.15) is 0 Å². The first-order valence-electron chi connectivity index (χ1n) is 7.15. The Morgan fingerprint density at radius 3 is 2.43 bits per heavy atom. The molecule has 120 valence electrons. The molecule has 0 atom stereocenters. The molecule has 0 aliphatic carbocycles. The molecule has 0 bridgehead atoms. The van der Waals surface area contributed by atoms with Crippen LogP contribution in [0.15, 0.2) is 36.4 Å². The standard InChI is InChI=1S/C16H18N4O3/c1-21-15-9-13-14(10-16(15)22-2)20(19-18-13)7-8-23-12-5-3-11(17)4-6-12/h3-6,9-10H,7-8,17H2,1-2H3. The van der Waals surface area contributed by atoms with Gasteiger partial charge < -0.3 is 19.9 Å². The van der Waals surface area contributed by atoms with Gasteiger partial charge in [0, 0.05) is 17.8 Å². The van der Waals surface area contributed by atoms with Crippen LogP contribution in [0.5, 0.6) is 17.2 Å². The number of ether oxygens (including phenoxy) is 3. The normalized spacial score (nSPS) is 10.7. The van der Waals surface area contributed by atoms with Crippen LogP contribution in [0.3, 0.4) is 0 Å². The monoisotopic (exact) mass is 314 g/mol. The van der Waals surface area contributed by atoms with Crippen LogP contribution in [-0.2, 0) is 6.54 Å². The largest absolute Gasteiger partial charge is 0.493 e. The predicted molar refractivity (Wildman–Crippen MR) is 87.0 cm³/mol. The van der Waals surface area contributed by atoms with Crippen molar-refractivity contribution in [2.45, 2.75) is 6.54 Å². The van der Waals surface area contributed by atoms with E-state index in [1.165, 1.54) is 0 Å².